The van der Waals surface area contributed by atoms with Crippen LogP contribution in [0, 0.1) is 6.92 Å². The van der Waals surface area contributed by atoms with Gasteiger partial charge in [-0.25, -0.2) is 4.98 Å². The number of ether oxygens (including phenoxy) is 2. The molecule has 0 atom stereocenters. The van der Waals surface area contributed by atoms with Crippen LogP contribution in [0.2, 0.25) is 0 Å². The number of carbonyl (C=O) groups is 1. The van der Waals surface area contributed by atoms with E-state index >= 15 is 0 Å². The van der Waals surface area contributed by atoms with Crippen LogP contribution in [0.3, 0.4) is 0 Å². The number of methoxy groups -OCH3 is 2. The molecule has 29 heavy (non-hydrogen) atoms. The van der Waals surface area contributed by atoms with Gasteiger partial charge in [-0.15, -0.1) is 0 Å². The van der Waals surface area contributed by atoms with Crippen LogP contribution in [0.25, 0.3) is 22.4 Å². The number of hydrogen-bond acceptors (Lipinski definition) is 4. The molecule has 1 heterocycles. The SMILES string of the molecule is COc1ccc(OC)c(NC(=O)c2ccc(-c3nc4ccc(C)cc4[nH]3)cc2)c1. The average Bonchev–Trinajstić information content (AvgIpc) is 3.17. The summed E-state index contributed by atoms with van der Waals surface area (Å²) in [5, 5.41) is 2.87. The molecule has 1 amide bonds. The molecule has 0 aliphatic heterocycles. The number of nitrogens with zero attached hydrogens (tertiary/aromatic N) is 1. The number of carbonyl (C=O) groups excluding carboxylic acids is 1. The minimum absolute atomic E-state index is 0.233. The summed E-state index contributed by atoms with van der Waals surface area (Å²) in [5.74, 6) is 1.74. The van der Waals surface area contributed by atoms with Gasteiger partial charge in [0.2, 0.25) is 0 Å². The monoisotopic (exact) mass is 387 g/mol. The van der Waals surface area contributed by atoms with E-state index in [0.717, 1.165) is 22.4 Å². The van der Waals surface area contributed by atoms with Gasteiger partial charge in [-0.2, -0.15) is 0 Å². The number of anilines is 1. The lowest BCUT2D eigenvalue weighted by Gasteiger charge is -2.12. The average molecular weight is 387 g/mol. The number of H-pyrrole nitrogens is 1. The lowest BCUT2D eigenvalue weighted by molar-refractivity contribution is 0.102. The first-order chi connectivity index (χ1) is 14.1. The Morgan fingerprint density at radius 1 is 0.966 bits per heavy atom. The quantitative estimate of drug-likeness (QED) is 0.515. The van der Waals surface area contributed by atoms with Gasteiger partial charge in [0.15, 0.2) is 0 Å². The lowest BCUT2D eigenvalue weighted by Crippen LogP contribution is -2.12. The third kappa shape index (κ3) is 3.78. The number of amides is 1. The zero-order valence-corrected chi connectivity index (χ0v) is 16.4. The van der Waals surface area contributed by atoms with Crippen LogP contribution in [0.1, 0.15) is 15.9 Å². The summed E-state index contributed by atoms with van der Waals surface area (Å²) in [4.78, 5) is 20.6. The number of imidazole rings is 1. The summed E-state index contributed by atoms with van der Waals surface area (Å²) >= 11 is 0. The van der Waals surface area contributed by atoms with E-state index < -0.39 is 0 Å². The van der Waals surface area contributed by atoms with Crippen LogP contribution in [0.4, 0.5) is 5.69 Å². The van der Waals surface area contributed by atoms with Crippen LogP contribution in [0.15, 0.2) is 60.7 Å². The number of nitrogens with one attached hydrogen (secondary N) is 2. The number of rotatable bonds is 5. The normalized spacial score (nSPS) is 10.7. The van der Waals surface area contributed by atoms with Gasteiger partial charge in [-0.1, -0.05) is 18.2 Å². The van der Waals surface area contributed by atoms with E-state index in [2.05, 4.69) is 21.4 Å². The molecule has 4 aromatic rings. The van der Waals surface area contributed by atoms with Crippen molar-refractivity contribution in [3.05, 3.63) is 71.8 Å². The minimum atomic E-state index is -0.233. The summed E-state index contributed by atoms with van der Waals surface area (Å²) in [6.45, 7) is 2.05. The number of fused-ring (bicyclic) bond motifs is 1. The van der Waals surface area contributed by atoms with Crippen LogP contribution in [0.5, 0.6) is 11.5 Å². The molecule has 0 radical (unpaired) electrons. The Morgan fingerprint density at radius 2 is 1.76 bits per heavy atom. The van der Waals surface area contributed by atoms with Crippen molar-refractivity contribution >= 4 is 22.6 Å². The number of hydrogen-bond donors (Lipinski definition) is 2. The summed E-state index contributed by atoms with van der Waals surface area (Å²) in [6, 6.07) is 18.6. The molecule has 0 saturated carbocycles. The summed E-state index contributed by atoms with van der Waals surface area (Å²) in [5.41, 5.74) is 5.07. The molecule has 0 spiro atoms. The predicted molar refractivity (Wildman–Crippen MR) is 114 cm³/mol. The van der Waals surface area contributed by atoms with Crippen molar-refractivity contribution in [2.24, 2.45) is 0 Å². The summed E-state index contributed by atoms with van der Waals surface area (Å²) in [6.07, 6.45) is 0. The van der Waals surface area contributed by atoms with Crippen LogP contribution in [-0.2, 0) is 0 Å². The molecule has 3 aromatic carbocycles. The van der Waals surface area contributed by atoms with Crippen LogP contribution >= 0.6 is 0 Å². The van der Waals surface area contributed by atoms with Gasteiger partial charge in [0.1, 0.15) is 17.3 Å². The highest BCUT2D eigenvalue weighted by molar-refractivity contribution is 6.05. The fourth-order valence-electron chi connectivity index (χ4n) is 3.15. The van der Waals surface area contributed by atoms with E-state index in [1.807, 2.05) is 31.2 Å². The Bertz CT molecular complexity index is 1180. The molecule has 0 aliphatic carbocycles. The van der Waals surface area contributed by atoms with E-state index in [-0.39, 0.29) is 5.91 Å². The van der Waals surface area contributed by atoms with Crippen molar-refractivity contribution in [2.75, 3.05) is 19.5 Å². The Labute approximate surface area is 168 Å². The van der Waals surface area contributed by atoms with E-state index in [1.165, 1.54) is 5.56 Å². The van der Waals surface area contributed by atoms with Crippen LogP contribution < -0.4 is 14.8 Å². The standard InChI is InChI=1S/C23H21N3O3/c1-14-4-10-18-19(12-14)25-22(24-18)15-5-7-16(8-6-15)23(27)26-20-13-17(28-2)9-11-21(20)29-3/h4-13H,1-3H3,(H,24,25)(H,26,27). The molecule has 4 rings (SSSR count). The Hall–Kier alpha value is -3.80. The topological polar surface area (TPSA) is 76.2 Å². The van der Waals surface area contributed by atoms with Gasteiger partial charge < -0.3 is 19.8 Å². The fraction of sp³-hybridized carbons (Fsp3) is 0.130. The maximum absolute atomic E-state index is 12.7. The molecule has 0 fully saturated rings. The highest BCUT2D eigenvalue weighted by Gasteiger charge is 2.12. The molecule has 146 valence electrons. The smallest absolute Gasteiger partial charge is 0.255 e. The second kappa shape index (κ2) is 7.67. The van der Waals surface area contributed by atoms with E-state index in [0.29, 0.717) is 22.7 Å². The van der Waals surface area contributed by atoms with Crippen molar-refractivity contribution in [1.82, 2.24) is 9.97 Å². The highest BCUT2D eigenvalue weighted by atomic mass is 16.5. The number of aryl methyl sites for hydroxylation is 1. The molecule has 6 nitrogen and oxygen atoms in total. The predicted octanol–water partition coefficient (Wildman–Crippen LogP) is 4.81. The second-order valence-electron chi connectivity index (χ2n) is 6.70. The van der Waals surface area contributed by atoms with Crippen molar-refractivity contribution in [3.63, 3.8) is 0 Å². The Balaban J connectivity index is 1.56. The molecule has 0 unspecified atom stereocenters. The number of aromatic nitrogens is 2. The lowest BCUT2D eigenvalue weighted by atomic mass is 10.1. The first-order valence-corrected chi connectivity index (χ1v) is 9.17. The highest BCUT2D eigenvalue weighted by Crippen LogP contribution is 2.29. The van der Waals surface area contributed by atoms with Crippen molar-refractivity contribution < 1.29 is 14.3 Å². The van der Waals surface area contributed by atoms with E-state index in [4.69, 9.17) is 9.47 Å². The van der Waals surface area contributed by atoms with Crippen molar-refractivity contribution in [3.8, 4) is 22.9 Å². The Kier molecular flexibility index (Phi) is 4.91. The molecular formula is C23H21N3O3. The second-order valence-corrected chi connectivity index (χ2v) is 6.70. The summed E-state index contributed by atoms with van der Waals surface area (Å²) in [7, 11) is 3.13. The van der Waals surface area contributed by atoms with Gasteiger partial charge in [0.25, 0.3) is 5.91 Å². The van der Waals surface area contributed by atoms with Gasteiger partial charge in [0, 0.05) is 17.2 Å². The van der Waals surface area contributed by atoms with Gasteiger partial charge in [-0.3, -0.25) is 4.79 Å². The molecule has 2 N–H and O–H groups in total. The van der Waals surface area contributed by atoms with Gasteiger partial charge >= 0.3 is 0 Å². The molecule has 0 aliphatic rings. The summed E-state index contributed by atoms with van der Waals surface area (Å²) < 4.78 is 10.5. The maximum Gasteiger partial charge on any atom is 0.255 e. The molecule has 6 heteroatoms. The zero-order chi connectivity index (χ0) is 20.4. The maximum atomic E-state index is 12.7. The van der Waals surface area contributed by atoms with Crippen molar-refractivity contribution in [2.45, 2.75) is 6.92 Å². The van der Waals surface area contributed by atoms with Gasteiger partial charge in [-0.05, 0) is 48.9 Å². The molecule has 1 aromatic heterocycles. The van der Waals surface area contributed by atoms with E-state index in [1.54, 1.807) is 44.6 Å². The third-order valence-corrected chi connectivity index (χ3v) is 4.71. The van der Waals surface area contributed by atoms with Crippen LogP contribution in [-0.4, -0.2) is 30.1 Å². The largest absolute Gasteiger partial charge is 0.497 e. The minimum Gasteiger partial charge on any atom is -0.497 e. The number of benzene rings is 3. The molecular weight excluding hydrogens is 366 g/mol. The fourth-order valence-corrected chi connectivity index (χ4v) is 3.15. The number of aromatic amines is 1. The first kappa shape index (κ1) is 18.6. The zero-order valence-electron chi connectivity index (χ0n) is 16.4. The third-order valence-electron chi connectivity index (χ3n) is 4.71. The molecule has 0 saturated heterocycles. The first-order valence-electron chi connectivity index (χ1n) is 9.17. The molecule has 0 bridgehead atoms. The van der Waals surface area contributed by atoms with Crippen molar-refractivity contribution in [1.29, 1.82) is 0 Å². The van der Waals surface area contributed by atoms with E-state index in [9.17, 15) is 4.79 Å². The Morgan fingerprint density at radius 3 is 2.48 bits per heavy atom. The van der Waals surface area contributed by atoms with Gasteiger partial charge in [0.05, 0.1) is 30.9 Å².